The summed E-state index contributed by atoms with van der Waals surface area (Å²) in [5.41, 5.74) is 0.419. The lowest BCUT2D eigenvalue weighted by molar-refractivity contribution is -0.130. The van der Waals surface area contributed by atoms with E-state index in [1.807, 2.05) is 46.0 Å². The first-order valence-corrected chi connectivity index (χ1v) is 13.4. The van der Waals surface area contributed by atoms with Crippen LogP contribution in [0.25, 0.3) is 0 Å². The second kappa shape index (κ2) is 13.3. The number of hydrogen-bond acceptors (Lipinski definition) is 5. The number of likely N-dealkylation sites (tertiary alicyclic amines) is 1. The van der Waals surface area contributed by atoms with E-state index in [2.05, 4.69) is 22.3 Å². The van der Waals surface area contributed by atoms with Gasteiger partial charge in [0, 0.05) is 38.3 Å². The SMILES string of the molecule is CO[C@H]([C@@H](C)C(=O)NCCc1c(F)cccc1F)[C@@H]1C[C@H](N(C)Cc2ccccc2)CN1C(=O)OC(C)(C)C. The Bertz CT molecular complexity index is 1090. The summed E-state index contributed by atoms with van der Waals surface area (Å²) in [7, 11) is 3.55. The molecule has 3 rings (SSSR count). The van der Waals surface area contributed by atoms with Crippen molar-refractivity contribution in [3.05, 3.63) is 71.3 Å². The maximum atomic E-state index is 14.0. The van der Waals surface area contributed by atoms with Crippen molar-refractivity contribution in [1.82, 2.24) is 15.1 Å². The molecule has 39 heavy (non-hydrogen) atoms. The molecule has 0 aromatic heterocycles. The summed E-state index contributed by atoms with van der Waals surface area (Å²) in [6.07, 6.45) is -0.446. The van der Waals surface area contributed by atoms with Crippen LogP contribution in [0.3, 0.4) is 0 Å². The average molecular weight is 546 g/mol. The molecule has 2 amide bonds. The van der Waals surface area contributed by atoms with Crippen LogP contribution in [0.5, 0.6) is 0 Å². The number of carbonyl (C=O) groups is 2. The van der Waals surface area contributed by atoms with Crippen LogP contribution < -0.4 is 5.32 Å². The molecule has 4 atom stereocenters. The van der Waals surface area contributed by atoms with E-state index >= 15 is 0 Å². The molecule has 1 fully saturated rings. The predicted molar refractivity (Wildman–Crippen MR) is 146 cm³/mol. The molecular weight excluding hydrogens is 504 g/mol. The van der Waals surface area contributed by atoms with Crippen molar-refractivity contribution < 1.29 is 27.8 Å². The number of nitrogens with zero attached hydrogens (tertiary/aromatic N) is 2. The zero-order valence-electron chi connectivity index (χ0n) is 23.7. The Hall–Kier alpha value is -3.04. The maximum absolute atomic E-state index is 14.0. The molecule has 0 bridgehead atoms. The van der Waals surface area contributed by atoms with Crippen LogP contribution in [0.4, 0.5) is 13.6 Å². The Balaban J connectivity index is 1.72. The maximum Gasteiger partial charge on any atom is 0.410 e. The molecule has 1 aliphatic rings. The third-order valence-electron chi connectivity index (χ3n) is 7.14. The van der Waals surface area contributed by atoms with E-state index < -0.39 is 41.4 Å². The number of nitrogens with one attached hydrogen (secondary N) is 1. The van der Waals surface area contributed by atoms with E-state index in [4.69, 9.17) is 9.47 Å². The van der Waals surface area contributed by atoms with Gasteiger partial charge in [-0.15, -0.1) is 0 Å². The van der Waals surface area contributed by atoms with E-state index in [0.29, 0.717) is 19.5 Å². The Morgan fingerprint density at radius 1 is 1.10 bits per heavy atom. The topological polar surface area (TPSA) is 71.1 Å². The van der Waals surface area contributed by atoms with Gasteiger partial charge < -0.3 is 19.7 Å². The largest absolute Gasteiger partial charge is 0.444 e. The summed E-state index contributed by atoms with van der Waals surface area (Å²) in [4.78, 5) is 30.2. The third kappa shape index (κ3) is 8.22. The van der Waals surface area contributed by atoms with Crippen LogP contribution in [0, 0.1) is 17.6 Å². The molecule has 7 nitrogen and oxygen atoms in total. The summed E-state index contributed by atoms with van der Waals surface area (Å²) in [6, 6.07) is 13.4. The minimum atomic E-state index is -0.677. The monoisotopic (exact) mass is 545 g/mol. The molecule has 0 saturated carbocycles. The number of hydrogen-bond donors (Lipinski definition) is 1. The van der Waals surface area contributed by atoms with E-state index in [1.165, 1.54) is 25.3 Å². The van der Waals surface area contributed by atoms with Gasteiger partial charge in [0.1, 0.15) is 17.2 Å². The molecule has 214 valence electrons. The van der Waals surface area contributed by atoms with Crippen LogP contribution in [0.2, 0.25) is 0 Å². The van der Waals surface area contributed by atoms with Crippen molar-refractivity contribution in [2.45, 2.75) is 70.9 Å². The van der Waals surface area contributed by atoms with Gasteiger partial charge in [-0.2, -0.15) is 0 Å². The quantitative estimate of drug-likeness (QED) is 0.465. The van der Waals surface area contributed by atoms with Crippen molar-refractivity contribution in [3.8, 4) is 0 Å². The number of methoxy groups -OCH3 is 1. The van der Waals surface area contributed by atoms with E-state index in [1.54, 1.807) is 11.8 Å². The van der Waals surface area contributed by atoms with E-state index in [-0.39, 0.29) is 30.5 Å². The van der Waals surface area contributed by atoms with Gasteiger partial charge in [0.2, 0.25) is 5.91 Å². The van der Waals surface area contributed by atoms with Gasteiger partial charge in [-0.1, -0.05) is 43.3 Å². The lowest BCUT2D eigenvalue weighted by Gasteiger charge is -2.34. The molecule has 0 aliphatic carbocycles. The minimum absolute atomic E-state index is 0.0223. The van der Waals surface area contributed by atoms with Crippen LogP contribution in [0.15, 0.2) is 48.5 Å². The van der Waals surface area contributed by atoms with Crippen molar-refractivity contribution in [3.63, 3.8) is 0 Å². The van der Waals surface area contributed by atoms with Crippen molar-refractivity contribution in [2.75, 3.05) is 27.2 Å². The first kappa shape index (κ1) is 30.5. The van der Waals surface area contributed by atoms with Gasteiger partial charge in [-0.3, -0.25) is 9.69 Å². The fourth-order valence-corrected chi connectivity index (χ4v) is 5.09. The van der Waals surface area contributed by atoms with Crippen molar-refractivity contribution in [1.29, 1.82) is 0 Å². The van der Waals surface area contributed by atoms with Crippen LogP contribution >= 0.6 is 0 Å². The van der Waals surface area contributed by atoms with Crippen LogP contribution in [-0.2, 0) is 27.2 Å². The van der Waals surface area contributed by atoms with Crippen LogP contribution in [-0.4, -0.2) is 72.8 Å². The fourth-order valence-electron chi connectivity index (χ4n) is 5.09. The summed E-state index contributed by atoms with van der Waals surface area (Å²) in [6.45, 7) is 8.40. The fraction of sp³-hybridized carbons (Fsp3) is 0.533. The summed E-state index contributed by atoms with van der Waals surface area (Å²) in [5.74, 6) is -2.23. The molecule has 1 N–H and O–H groups in total. The Labute approximate surface area is 230 Å². The number of halogens is 2. The number of ether oxygens (including phenoxy) is 2. The lowest BCUT2D eigenvalue weighted by Crippen LogP contribution is -2.50. The zero-order chi connectivity index (χ0) is 28.7. The highest BCUT2D eigenvalue weighted by Gasteiger charge is 2.45. The summed E-state index contributed by atoms with van der Waals surface area (Å²) in [5, 5.41) is 2.78. The minimum Gasteiger partial charge on any atom is -0.444 e. The Morgan fingerprint density at radius 2 is 1.74 bits per heavy atom. The second-order valence-corrected chi connectivity index (χ2v) is 11.2. The molecule has 0 radical (unpaired) electrons. The van der Waals surface area contributed by atoms with Gasteiger partial charge in [0.25, 0.3) is 0 Å². The Morgan fingerprint density at radius 3 is 2.33 bits per heavy atom. The first-order valence-electron chi connectivity index (χ1n) is 13.4. The first-order chi connectivity index (χ1) is 18.4. The molecule has 1 saturated heterocycles. The number of rotatable bonds is 10. The molecule has 9 heteroatoms. The molecule has 2 aromatic rings. The molecule has 1 aliphatic heterocycles. The zero-order valence-corrected chi connectivity index (χ0v) is 23.7. The van der Waals surface area contributed by atoms with Crippen LogP contribution in [0.1, 0.15) is 45.2 Å². The van der Waals surface area contributed by atoms with Gasteiger partial charge in [-0.05, 0) is 58.4 Å². The number of amides is 2. The lowest BCUT2D eigenvalue weighted by atomic mass is 9.94. The van der Waals surface area contributed by atoms with E-state index in [0.717, 1.165) is 5.56 Å². The normalized spacial score (nSPS) is 19.2. The molecule has 0 unspecified atom stereocenters. The predicted octanol–water partition coefficient (Wildman–Crippen LogP) is 4.78. The standard InChI is InChI=1S/C30H41F2N3O4/c1-20(28(36)33-16-15-23-24(31)13-10-14-25(23)32)27(38-6)26-17-22(19-35(26)29(37)39-30(2,3)4)34(5)18-21-11-8-7-9-12-21/h7-14,20,22,26-27H,15-19H2,1-6H3,(H,33,36)/t20-,22+,26+,27-/m1/s1. The molecule has 2 aromatic carbocycles. The molecular formula is C30H41F2N3O4. The highest BCUT2D eigenvalue weighted by Crippen LogP contribution is 2.31. The number of benzene rings is 2. The van der Waals surface area contributed by atoms with Crippen molar-refractivity contribution >= 4 is 12.0 Å². The van der Waals surface area contributed by atoms with E-state index in [9.17, 15) is 18.4 Å². The van der Waals surface area contributed by atoms with Crippen molar-refractivity contribution in [2.24, 2.45) is 5.92 Å². The van der Waals surface area contributed by atoms with Gasteiger partial charge in [-0.25, -0.2) is 13.6 Å². The number of likely N-dealkylation sites (N-methyl/N-ethyl adjacent to an activating group) is 1. The second-order valence-electron chi connectivity index (χ2n) is 11.2. The van der Waals surface area contributed by atoms with Gasteiger partial charge in [0.05, 0.1) is 18.1 Å². The highest BCUT2D eigenvalue weighted by atomic mass is 19.1. The van der Waals surface area contributed by atoms with Gasteiger partial charge >= 0.3 is 6.09 Å². The number of carbonyl (C=O) groups excluding carboxylic acids is 2. The smallest absolute Gasteiger partial charge is 0.410 e. The average Bonchev–Trinajstić information content (AvgIpc) is 3.31. The van der Waals surface area contributed by atoms with Gasteiger partial charge in [0.15, 0.2) is 0 Å². The summed E-state index contributed by atoms with van der Waals surface area (Å²) >= 11 is 0. The third-order valence-corrected chi connectivity index (χ3v) is 7.14. The highest BCUT2D eigenvalue weighted by molar-refractivity contribution is 5.79. The molecule has 1 heterocycles. The molecule has 0 spiro atoms. The summed E-state index contributed by atoms with van der Waals surface area (Å²) < 4.78 is 39.5. The Kier molecular flexibility index (Phi) is 10.4.